The molecule has 1 heterocycles. The molecule has 0 saturated heterocycles. The van der Waals surface area contributed by atoms with Gasteiger partial charge in [-0.2, -0.15) is 0 Å². The molecule has 1 amide bonds. The maximum Gasteiger partial charge on any atom is 0.331 e. The van der Waals surface area contributed by atoms with Crippen LogP contribution in [-0.2, 0) is 14.3 Å². The van der Waals surface area contributed by atoms with E-state index in [-0.39, 0.29) is 5.91 Å². The lowest BCUT2D eigenvalue weighted by Gasteiger charge is -2.18. The summed E-state index contributed by atoms with van der Waals surface area (Å²) >= 11 is 0. The number of nitrogens with one attached hydrogen (secondary N) is 1. The summed E-state index contributed by atoms with van der Waals surface area (Å²) in [6, 6.07) is 5.40. The Kier molecular flexibility index (Phi) is 6.23. The first-order valence-electron chi connectivity index (χ1n) is 8.01. The topological polar surface area (TPSA) is 73.9 Å². The number of rotatable bonds is 6. The highest BCUT2D eigenvalue weighted by atomic mass is 16.6. The van der Waals surface area contributed by atoms with E-state index in [1.54, 1.807) is 25.1 Å². The molecule has 24 heavy (non-hydrogen) atoms. The van der Waals surface area contributed by atoms with Crippen molar-refractivity contribution in [2.75, 3.05) is 19.8 Å². The van der Waals surface area contributed by atoms with Crippen molar-refractivity contribution in [2.24, 2.45) is 5.92 Å². The maximum absolute atomic E-state index is 11.8. The second kappa shape index (κ2) is 8.38. The Morgan fingerprint density at radius 1 is 1.21 bits per heavy atom. The zero-order valence-electron chi connectivity index (χ0n) is 14.2. The van der Waals surface area contributed by atoms with Crippen molar-refractivity contribution in [1.29, 1.82) is 0 Å². The zero-order chi connectivity index (χ0) is 17.5. The number of benzene rings is 1. The Morgan fingerprint density at radius 2 is 1.92 bits per heavy atom. The molecule has 0 fully saturated rings. The van der Waals surface area contributed by atoms with E-state index in [1.165, 1.54) is 6.08 Å². The van der Waals surface area contributed by atoms with Gasteiger partial charge in [0.05, 0.1) is 0 Å². The Hall–Kier alpha value is -2.50. The highest BCUT2D eigenvalue weighted by Gasteiger charge is 2.16. The molecule has 0 unspecified atom stereocenters. The van der Waals surface area contributed by atoms with Crippen LogP contribution >= 0.6 is 0 Å². The van der Waals surface area contributed by atoms with Gasteiger partial charge in [-0.25, -0.2) is 4.79 Å². The smallest absolute Gasteiger partial charge is 0.331 e. The minimum absolute atomic E-state index is 0.301. The van der Waals surface area contributed by atoms with Crippen LogP contribution in [0, 0.1) is 5.92 Å². The van der Waals surface area contributed by atoms with E-state index in [0.717, 1.165) is 5.56 Å². The van der Waals surface area contributed by atoms with Crippen LogP contribution in [-0.4, -0.2) is 37.7 Å². The van der Waals surface area contributed by atoms with Gasteiger partial charge in [0.15, 0.2) is 17.6 Å². The molecule has 1 N–H and O–H groups in total. The number of carbonyl (C=O) groups excluding carboxylic acids is 2. The summed E-state index contributed by atoms with van der Waals surface area (Å²) in [6.45, 7) is 7.12. The third-order valence-corrected chi connectivity index (χ3v) is 3.32. The third-order valence-electron chi connectivity index (χ3n) is 3.32. The summed E-state index contributed by atoms with van der Waals surface area (Å²) in [5, 5.41) is 2.72. The van der Waals surface area contributed by atoms with Crippen LogP contribution in [0.25, 0.3) is 6.08 Å². The zero-order valence-corrected chi connectivity index (χ0v) is 14.2. The van der Waals surface area contributed by atoms with E-state index in [1.807, 2.05) is 19.9 Å². The molecular formula is C18H23NO5. The van der Waals surface area contributed by atoms with Crippen LogP contribution in [0.2, 0.25) is 0 Å². The molecule has 1 atom stereocenters. The van der Waals surface area contributed by atoms with Gasteiger partial charge in [0.25, 0.3) is 5.91 Å². The van der Waals surface area contributed by atoms with E-state index in [2.05, 4.69) is 5.32 Å². The van der Waals surface area contributed by atoms with E-state index in [0.29, 0.717) is 37.2 Å². The van der Waals surface area contributed by atoms with Crippen molar-refractivity contribution in [1.82, 2.24) is 5.32 Å². The Bertz CT molecular complexity index is 624. The van der Waals surface area contributed by atoms with Crippen LogP contribution in [0.1, 0.15) is 26.3 Å². The van der Waals surface area contributed by atoms with Crippen LogP contribution in [0.15, 0.2) is 24.3 Å². The van der Waals surface area contributed by atoms with E-state index < -0.39 is 12.1 Å². The molecule has 0 radical (unpaired) electrons. The number of fused-ring (bicyclic) bond motifs is 1. The molecule has 1 aromatic carbocycles. The number of ether oxygens (including phenoxy) is 3. The lowest BCUT2D eigenvalue weighted by atomic mass is 10.2. The normalized spacial score (nSPS) is 14.5. The monoisotopic (exact) mass is 333 g/mol. The third kappa shape index (κ3) is 5.30. The van der Waals surface area contributed by atoms with Crippen molar-refractivity contribution < 1.29 is 23.8 Å². The van der Waals surface area contributed by atoms with Crippen molar-refractivity contribution in [3.05, 3.63) is 29.8 Å². The average molecular weight is 333 g/mol. The molecule has 6 nitrogen and oxygen atoms in total. The fourth-order valence-corrected chi connectivity index (χ4v) is 2.04. The van der Waals surface area contributed by atoms with Crippen LogP contribution in [0.4, 0.5) is 0 Å². The minimum atomic E-state index is -0.832. The molecule has 1 aromatic rings. The molecule has 0 aromatic heterocycles. The Labute approximate surface area is 141 Å². The molecule has 6 heteroatoms. The number of hydrogen-bond acceptors (Lipinski definition) is 5. The predicted octanol–water partition coefficient (Wildman–Crippen LogP) is 2.17. The molecule has 0 spiro atoms. The van der Waals surface area contributed by atoms with Crippen molar-refractivity contribution in [3.8, 4) is 11.5 Å². The van der Waals surface area contributed by atoms with E-state index >= 15 is 0 Å². The van der Waals surface area contributed by atoms with Crippen molar-refractivity contribution in [3.63, 3.8) is 0 Å². The molecule has 0 aliphatic carbocycles. The number of amides is 1. The second-order valence-corrected chi connectivity index (χ2v) is 5.95. The first-order valence-corrected chi connectivity index (χ1v) is 8.01. The van der Waals surface area contributed by atoms with Gasteiger partial charge >= 0.3 is 5.97 Å². The van der Waals surface area contributed by atoms with E-state index in [9.17, 15) is 9.59 Å². The summed E-state index contributed by atoms with van der Waals surface area (Å²) in [5.74, 6) is 0.809. The largest absolute Gasteiger partial charge is 0.486 e. The second-order valence-electron chi connectivity index (χ2n) is 5.95. The van der Waals surface area contributed by atoms with Crippen LogP contribution in [0.3, 0.4) is 0 Å². The Morgan fingerprint density at radius 3 is 2.62 bits per heavy atom. The first kappa shape index (κ1) is 17.8. The molecule has 0 bridgehead atoms. The predicted molar refractivity (Wildman–Crippen MR) is 89.9 cm³/mol. The van der Waals surface area contributed by atoms with E-state index in [4.69, 9.17) is 14.2 Å². The number of esters is 1. The fraction of sp³-hybridized carbons (Fsp3) is 0.444. The number of hydrogen-bond donors (Lipinski definition) is 1. The molecule has 2 rings (SSSR count). The van der Waals surface area contributed by atoms with Crippen LogP contribution < -0.4 is 14.8 Å². The summed E-state index contributed by atoms with van der Waals surface area (Å²) in [6.07, 6.45) is 2.07. The molecule has 1 aliphatic heterocycles. The summed E-state index contributed by atoms with van der Waals surface area (Å²) < 4.78 is 16.0. The quantitative estimate of drug-likeness (QED) is 0.638. The van der Waals surface area contributed by atoms with Gasteiger partial charge in [0.2, 0.25) is 0 Å². The summed E-state index contributed by atoms with van der Waals surface area (Å²) in [5.41, 5.74) is 0.785. The highest BCUT2D eigenvalue weighted by Crippen LogP contribution is 2.31. The van der Waals surface area contributed by atoms with Gasteiger partial charge in [-0.05, 0) is 36.6 Å². The lowest BCUT2D eigenvalue weighted by molar-refractivity contribution is -0.150. The highest BCUT2D eigenvalue weighted by molar-refractivity contribution is 5.90. The van der Waals surface area contributed by atoms with Gasteiger partial charge in [0, 0.05) is 12.6 Å². The van der Waals surface area contributed by atoms with Gasteiger partial charge in [-0.3, -0.25) is 4.79 Å². The van der Waals surface area contributed by atoms with Crippen LogP contribution in [0.5, 0.6) is 11.5 Å². The summed E-state index contributed by atoms with van der Waals surface area (Å²) in [7, 11) is 0. The minimum Gasteiger partial charge on any atom is -0.486 e. The summed E-state index contributed by atoms with van der Waals surface area (Å²) in [4.78, 5) is 23.6. The SMILES string of the molecule is CC(C)CNC(=O)[C@H](C)OC(=O)/C=C/c1ccc2c(c1)OCCO2. The first-order chi connectivity index (χ1) is 11.5. The van der Waals surface area contributed by atoms with Gasteiger partial charge in [-0.1, -0.05) is 19.9 Å². The van der Waals surface area contributed by atoms with Crippen molar-refractivity contribution in [2.45, 2.75) is 26.9 Å². The van der Waals surface area contributed by atoms with Gasteiger partial charge < -0.3 is 19.5 Å². The molecule has 0 saturated carbocycles. The van der Waals surface area contributed by atoms with Crippen molar-refractivity contribution >= 4 is 18.0 Å². The average Bonchev–Trinajstić information content (AvgIpc) is 2.57. The lowest BCUT2D eigenvalue weighted by Crippen LogP contribution is -2.37. The molecule has 1 aliphatic rings. The molecular weight excluding hydrogens is 310 g/mol. The molecule has 130 valence electrons. The fourth-order valence-electron chi connectivity index (χ4n) is 2.04. The number of carbonyl (C=O) groups is 2. The van der Waals surface area contributed by atoms with Gasteiger partial charge in [-0.15, -0.1) is 0 Å². The van der Waals surface area contributed by atoms with Gasteiger partial charge in [0.1, 0.15) is 13.2 Å². The Balaban J connectivity index is 1.87. The maximum atomic E-state index is 11.8. The standard InChI is InChI=1S/C18H23NO5/c1-12(2)11-19-18(21)13(3)24-17(20)7-5-14-4-6-15-16(10-14)23-9-8-22-15/h4-7,10,12-13H,8-9,11H2,1-3H3,(H,19,21)/b7-5+/t13-/m0/s1.